The molecule has 0 saturated heterocycles. The topological polar surface area (TPSA) is 9.23 Å². The van der Waals surface area contributed by atoms with Crippen LogP contribution in [-0.2, 0) is 0 Å². The zero-order valence-corrected chi connectivity index (χ0v) is 9.43. The highest BCUT2D eigenvalue weighted by molar-refractivity contribution is 6.20. The van der Waals surface area contributed by atoms with Crippen molar-refractivity contribution in [3.63, 3.8) is 0 Å². The van der Waals surface area contributed by atoms with Crippen molar-refractivity contribution in [2.24, 2.45) is 0 Å². The van der Waals surface area contributed by atoms with Gasteiger partial charge in [-0.3, -0.25) is 0 Å². The van der Waals surface area contributed by atoms with Crippen molar-refractivity contribution in [3.05, 3.63) is 29.6 Å². The SMILES string of the molecule is COc1ccc(F)cc1C1CCC(Cl)C1. The molecule has 0 N–H and O–H groups in total. The van der Waals surface area contributed by atoms with Gasteiger partial charge in [0.05, 0.1) is 7.11 Å². The second-order valence-electron chi connectivity index (χ2n) is 3.99. The largest absolute Gasteiger partial charge is 0.496 e. The van der Waals surface area contributed by atoms with Crippen molar-refractivity contribution in [1.82, 2.24) is 0 Å². The van der Waals surface area contributed by atoms with Crippen LogP contribution in [0.25, 0.3) is 0 Å². The summed E-state index contributed by atoms with van der Waals surface area (Å²) < 4.78 is 18.4. The van der Waals surface area contributed by atoms with Gasteiger partial charge in [0, 0.05) is 10.9 Å². The summed E-state index contributed by atoms with van der Waals surface area (Å²) in [5.41, 5.74) is 0.959. The van der Waals surface area contributed by atoms with Crippen LogP contribution in [0.3, 0.4) is 0 Å². The van der Waals surface area contributed by atoms with Crippen LogP contribution in [-0.4, -0.2) is 12.5 Å². The van der Waals surface area contributed by atoms with Crippen molar-refractivity contribution in [3.8, 4) is 5.75 Å². The van der Waals surface area contributed by atoms with E-state index in [0.717, 1.165) is 30.6 Å². The standard InChI is InChI=1S/C12H14ClFO/c1-15-12-5-4-10(14)7-11(12)8-2-3-9(13)6-8/h4-5,7-9H,2-3,6H2,1H3. The second-order valence-corrected chi connectivity index (χ2v) is 4.61. The maximum Gasteiger partial charge on any atom is 0.123 e. The van der Waals surface area contributed by atoms with E-state index in [4.69, 9.17) is 16.3 Å². The van der Waals surface area contributed by atoms with Gasteiger partial charge < -0.3 is 4.74 Å². The van der Waals surface area contributed by atoms with E-state index in [2.05, 4.69) is 0 Å². The minimum absolute atomic E-state index is 0.205. The number of hydrogen-bond donors (Lipinski definition) is 0. The van der Waals surface area contributed by atoms with Crippen molar-refractivity contribution in [2.45, 2.75) is 30.6 Å². The average Bonchev–Trinajstić information content (AvgIpc) is 2.65. The summed E-state index contributed by atoms with van der Waals surface area (Å²) in [6.45, 7) is 0. The van der Waals surface area contributed by atoms with Crippen LogP contribution in [0.1, 0.15) is 30.7 Å². The smallest absolute Gasteiger partial charge is 0.123 e. The highest BCUT2D eigenvalue weighted by Gasteiger charge is 2.26. The minimum Gasteiger partial charge on any atom is -0.496 e. The summed E-state index contributed by atoms with van der Waals surface area (Å²) in [6, 6.07) is 4.68. The van der Waals surface area contributed by atoms with Gasteiger partial charge in [0.1, 0.15) is 11.6 Å². The van der Waals surface area contributed by atoms with Crippen LogP contribution in [0, 0.1) is 5.82 Å². The number of alkyl halides is 1. The quantitative estimate of drug-likeness (QED) is 0.702. The molecule has 1 aliphatic rings. The predicted molar refractivity (Wildman–Crippen MR) is 59.2 cm³/mol. The third-order valence-electron chi connectivity index (χ3n) is 3.00. The third-order valence-corrected chi connectivity index (χ3v) is 3.40. The molecule has 1 aromatic carbocycles. The lowest BCUT2D eigenvalue weighted by Gasteiger charge is -2.14. The monoisotopic (exact) mass is 228 g/mol. The number of methoxy groups -OCH3 is 1. The molecule has 1 fully saturated rings. The molecule has 0 bridgehead atoms. The Balaban J connectivity index is 2.29. The summed E-state index contributed by atoms with van der Waals surface area (Å²) in [4.78, 5) is 0. The number of halogens is 2. The normalized spacial score (nSPS) is 25.5. The molecule has 1 aromatic rings. The van der Waals surface area contributed by atoms with E-state index < -0.39 is 0 Å². The van der Waals surface area contributed by atoms with Gasteiger partial charge in [0.2, 0.25) is 0 Å². The Hall–Kier alpha value is -0.760. The van der Waals surface area contributed by atoms with Crippen molar-refractivity contribution in [1.29, 1.82) is 0 Å². The molecular formula is C12H14ClFO. The lowest BCUT2D eigenvalue weighted by molar-refractivity contribution is 0.404. The molecule has 82 valence electrons. The van der Waals surface area contributed by atoms with Crippen molar-refractivity contribution in [2.75, 3.05) is 7.11 Å². The summed E-state index contributed by atoms with van der Waals surface area (Å²) in [5.74, 6) is 0.911. The molecule has 1 nitrogen and oxygen atoms in total. The molecule has 2 atom stereocenters. The fourth-order valence-electron chi connectivity index (χ4n) is 2.23. The highest BCUT2D eigenvalue weighted by atomic mass is 35.5. The van der Waals surface area contributed by atoms with Crippen LogP contribution in [0.15, 0.2) is 18.2 Å². The third kappa shape index (κ3) is 2.25. The van der Waals surface area contributed by atoms with Crippen LogP contribution in [0.5, 0.6) is 5.75 Å². The van der Waals surface area contributed by atoms with E-state index >= 15 is 0 Å². The molecule has 0 radical (unpaired) electrons. The van der Waals surface area contributed by atoms with Gasteiger partial charge in [-0.25, -0.2) is 4.39 Å². The molecule has 0 aliphatic heterocycles. The summed E-state index contributed by atoms with van der Waals surface area (Å²) >= 11 is 6.06. The summed E-state index contributed by atoms with van der Waals surface area (Å²) in [5, 5.41) is 0.225. The Bertz CT molecular complexity index is 353. The number of ether oxygens (including phenoxy) is 1. The van der Waals surface area contributed by atoms with Gasteiger partial charge in [-0.05, 0) is 43.4 Å². The molecule has 0 aromatic heterocycles. The molecule has 1 aliphatic carbocycles. The van der Waals surface area contributed by atoms with Crippen LogP contribution in [0.2, 0.25) is 0 Å². The zero-order chi connectivity index (χ0) is 10.8. The molecule has 2 rings (SSSR count). The average molecular weight is 229 g/mol. The highest BCUT2D eigenvalue weighted by Crippen LogP contribution is 2.40. The van der Waals surface area contributed by atoms with E-state index in [9.17, 15) is 4.39 Å². The van der Waals surface area contributed by atoms with Gasteiger partial charge >= 0.3 is 0 Å². The van der Waals surface area contributed by atoms with Crippen molar-refractivity contribution >= 4 is 11.6 Å². The van der Waals surface area contributed by atoms with Crippen LogP contribution in [0.4, 0.5) is 4.39 Å². The van der Waals surface area contributed by atoms with Gasteiger partial charge in [-0.1, -0.05) is 0 Å². The van der Waals surface area contributed by atoms with Gasteiger partial charge in [0.25, 0.3) is 0 Å². The number of hydrogen-bond acceptors (Lipinski definition) is 1. The Morgan fingerprint density at radius 3 is 2.80 bits per heavy atom. The summed E-state index contributed by atoms with van der Waals surface area (Å²) in [6.07, 6.45) is 2.95. The Kier molecular flexibility index (Phi) is 3.15. The number of rotatable bonds is 2. The molecule has 3 heteroatoms. The van der Waals surface area contributed by atoms with E-state index in [1.807, 2.05) is 0 Å². The van der Waals surface area contributed by atoms with Gasteiger partial charge in [0.15, 0.2) is 0 Å². The van der Waals surface area contributed by atoms with E-state index in [1.54, 1.807) is 19.2 Å². The first-order chi connectivity index (χ1) is 7.20. The van der Waals surface area contributed by atoms with Gasteiger partial charge in [-0.2, -0.15) is 0 Å². The van der Waals surface area contributed by atoms with E-state index in [-0.39, 0.29) is 11.2 Å². The number of benzene rings is 1. The van der Waals surface area contributed by atoms with Crippen molar-refractivity contribution < 1.29 is 9.13 Å². The van der Waals surface area contributed by atoms with Gasteiger partial charge in [-0.15, -0.1) is 11.6 Å². The minimum atomic E-state index is -0.205. The molecular weight excluding hydrogens is 215 g/mol. The Labute approximate surface area is 94.2 Å². The first kappa shape index (κ1) is 10.7. The first-order valence-corrected chi connectivity index (χ1v) is 5.62. The fourth-order valence-corrected chi connectivity index (χ4v) is 2.57. The fraction of sp³-hybridized carbons (Fsp3) is 0.500. The molecule has 1 saturated carbocycles. The molecule has 0 spiro atoms. The Morgan fingerprint density at radius 2 is 2.20 bits per heavy atom. The molecule has 0 heterocycles. The van der Waals surface area contributed by atoms with E-state index in [1.165, 1.54) is 6.07 Å². The first-order valence-electron chi connectivity index (χ1n) is 5.18. The van der Waals surface area contributed by atoms with Crippen LogP contribution >= 0.6 is 11.6 Å². The maximum absolute atomic E-state index is 13.1. The molecule has 15 heavy (non-hydrogen) atoms. The second kappa shape index (κ2) is 4.40. The lowest BCUT2D eigenvalue weighted by atomic mass is 9.96. The molecule has 0 amide bonds. The van der Waals surface area contributed by atoms with E-state index in [0.29, 0.717) is 5.92 Å². The predicted octanol–water partition coefficient (Wildman–Crippen LogP) is 3.71. The summed E-state index contributed by atoms with van der Waals surface area (Å²) in [7, 11) is 1.61. The molecule has 2 unspecified atom stereocenters. The Morgan fingerprint density at radius 1 is 1.40 bits per heavy atom. The lowest BCUT2D eigenvalue weighted by Crippen LogP contribution is -1.99. The maximum atomic E-state index is 13.1. The zero-order valence-electron chi connectivity index (χ0n) is 8.67. The van der Waals surface area contributed by atoms with Crippen LogP contribution < -0.4 is 4.74 Å².